The van der Waals surface area contributed by atoms with Crippen molar-refractivity contribution < 1.29 is 14.7 Å². The molecule has 2 rings (SSSR count). The molecular formula is C14H16ClNO3. The molecule has 5 heteroatoms. The van der Waals surface area contributed by atoms with Gasteiger partial charge in [0.1, 0.15) is 5.54 Å². The zero-order valence-electron chi connectivity index (χ0n) is 10.7. The number of carbonyl (C=O) groups is 2. The third-order valence-corrected chi connectivity index (χ3v) is 4.06. The van der Waals surface area contributed by atoms with E-state index in [0.717, 1.165) is 6.42 Å². The quantitative estimate of drug-likeness (QED) is 0.927. The Hall–Kier alpha value is -1.55. The van der Waals surface area contributed by atoms with Crippen molar-refractivity contribution >= 4 is 23.5 Å². The average Bonchev–Trinajstić information content (AvgIpc) is 2.83. The van der Waals surface area contributed by atoms with Gasteiger partial charge in [-0.2, -0.15) is 0 Å². The second-order valence-electron chi connectivity index (χ2n) is 4.76. The number of halogens is 1. The number of benzene rings is 1. The molecule has 1 atom stereocenters. The molecule has 0 aliphatic carbocycles. The summed E-state index contributed by atoms with van der Waals surface area (Å²) in [7, 11) is 0. The van der Waals surface area contributed by atoms with Crippen LogP contribution in [0.1, 0.15) is 36.5 Å². The molecule has 4 nitrogen and oxygen atoms in total. The first-order valence-corrected chi connectivity index (χ1v) is 6.70. The predicted octanol–water partition coefficient (Wildman–Crippen LogP) is 2.81. The number of hydrogen-bond acceptors (Lipinski definition) is 2. The monoisotopic (exact) mass is 281 g/mol. The van der Waals surface area contributed by atoms with Crippen molar-refractivity contribution in [2.24, 2.45) is 0 Å². The Bertz CT molecular complexity index is 500. The standard InChI is InChI=1S/C14H16ClNO3/c1-2-14(13(18)19)8-3-9-16(14)12(17)10-4-6-11(15)7-5-10/h4-7H,2-3,8-9H2,1H3,(H,18,19). The Morgan fingerprint density at radius 2 is 2.00 bits per heavy atom. The van der Waals surface area contributed by atoms with E-state index in [-0.39, 0.29) is 5.91 Å². The Balaban J connectivity index is 2.32. The summed E-state index contributed by atoms with van der Waals surface area (Å²) in [5.74, 6) is -1.16. The number of carbonyl (C=O) groups excluding carboxylic acids is 1. The summed E-state index contributed by atoms with van der Waals surface area (Å²) in [5.41, 5.74) is -0.582. The Morgan fingerprint density at radius 1 is 1.37 bits per heavy atom. The molecule has 1 heterocycles. The molecule has 1 fully saturated rings. The summed E-state index contributed by atoms with van der Waals surface area (Å²) < 4.78 is 0. The molecule has 1 aromatic carbocycles. The molecule has 0 spiro atoms. The van der Waals surface area contributed by atoms with Crippen molar-refractivity contribution in [1.82, 2.24) is 4.90 Å². The SMILES string of the molecule is CCC1(C(=O)O)CCCN1C(=O)c1ccc(Cl)cc1. The van der Waals surface area contributed by atoms with Crippen LogP contribution in [0.4, 0.5) is 0 Å². The summed E-state index contributed by atoms with van der Waals surface area (Å²) in [4.78, 5) is 25.5. The van der Waals surface area contributed by atoms with Gasteiger partial charge < -0.3 is 10.0 Å². The Morgan fingerprint density at radius 3 is 2.53 bits per heavy atom. The zero-order chi connectivity index (χ0) is 14.0. The van der Waals surface area contributed by atoms with Crippen molar-refractivity contribution in [2.75, 3.05) is 6.54 Å². The van der Waals surface area contributed by atoms with Crippen LogP contribution >= 0.6 is 11.6 Å². The number of aliphatic carboxylic acids is 1. The number of hydrogen-bond donors (Lipinski definition) is 1. The number of likely N-dealkylation sites (tertiary alicyclic amines) is 1. The molecule has 0 saturated carbocycles. The van der Waals surface area contributed by atoms with Crippen LogP contribution in [0.5, 0.6) is 0 Å². The van der Waals surface area contributed by atoms with Gasteiger partial charge in [-0.15, -0.1) is 0 Å². The van der Waals surface area contributed by atoms with Crippen molar-refractivity contribution in [3.63, 3.8) is 0 Å². The molecule has 102 valence electrons. The highest BCUT2D eigenvalue weighted by Crippen LogP contribution is 2.34. The maximum Gasteiger partial charge on any atom is 0.329 e. The number of carboxylic acids is 1. The number of amides is 1. The maximum atomic E-state index is 12.5. The first kappa shape index (κ1) is 13.9. The average molecular weight is 282 g/mol. The lowest BCUT2D eigenvalue weighted by Gasteiger charge is -2.34. The van der Waals surface area contributed by atoms with E-state index < -0.39 is 11.5 Å². The van der Waals surface area contributed by atoms with Gasteiger partial charge in [0.15, 0.2) is 0 Å². The number of carboxylic acid groups (broad SMARTS) is 1. The van der Waals surface area contributed by atoms with E-state index in [4.69, 9.17) is 11.6 Å². The number of nitrogens with zero attached hydrogens (tertiary/aromatic N) is 1. The summed E-state index contributed by atoms with van der Waals surface area (Å²) >= 11 is 5.79. The summed E-state index contributed by atoms with van der Waals surface area (Å²) in [6, 6.07) is 6.54. The minimum absolute atomic E-state index is 0.238. The summed E-state index contributed by atoms with van der Waals surface area (Å²) in [6.07, 6.45) is 1.65. The molecule has 0 bridgehead atoms. The summed E-state index contributed by atoms with van der Waals surface area (Å²) in [5, 5.41) is 10.0. The predicted molar refractivity (Wildman–Crippen MR) is 72.4 cm³/mol. The highest BCUT2D eigenvalue weighted by atomic mass is 35.5. The molecule has 0 radical (unpaired) electrons. The van der Waals surface area contributed by atoms with Crippen molar-refractivity contribution in [3.05, 3.63) is 34.9 Å². The van der Waals surface area contributed by atoms with Gasteiger partial charge in [-0.25, -0.2) is 4.79 Å². The second kappa shape index (κ2) is 5.21. The van der Waals surface area contributed by atoms with E-state index in [2.05, 4.69) is 0 Å². The first-order valence-electron chi connectivity index (χ1n) is 6.32. The fraction of sp³-hybridized carbons (Fsp3) is 0.429. The minimum atomic E-state index is -1.06. The number of rotatable bonds is 3. The lowest BCUT2D eigenvalue weighted by molar-refractivity contribution is -0.148. The van der Waals surface area contributed by atoms with Gasteiger partial charge in [0.25, 0.3) is 5.91 Å². The largest absolute Gasteiger partial charge is 0.479 e. The van der Waals surface area contributed by atoms with Crippen LogP contribution in [0.3, 0.4) is 0 Å². The lowest BCUT2D eigenvalue weighted by Crippen LogP contribution is -2.52. The van der Waals surface area contributed by atoms with Gasteiger partial charge in [0, 0.05) is 17.1 Å². The molecule has 1 amide bonds. The van der Waals surface area contributed by atoms with E-state index in [0.29, 0.717) is 30.0 Å². The highest BCUT2D eigenvalue weighted by Gasteiger charge is 2.48. The van der Waals surface area contributed by atoms with E-state index in [1.54, 1.807) is 24.3 Å². The van der Waals surface area contributed by atoms with Crippen LogP contribution in [-0.4, -0.2) is 34.0 Å². The van der Waals surface area contributed by atoms with E-state index >= 15 is 0 Å². The maximum absolute atomic E-state index is 12.5. The third-order valence-electron chi connectivity index (χ3n) is 3.81. The zero-order valence-corrected chi connectivity index (χ0v) is 11.5. The third kappa shape index (κ3) is 2.32. The summed E-state index contributed by atoms with van der Waals surface area (Å²) in [6.45, 7) is 2.29. The molecule has 1 aliphatic rings. The van der Waals surface area contributed by atoms with Crippen molar-refractivity contribution in [2.45, 2.75) is 31.7 Å². The van der Waals surface area contributed by atoms with E-state index in [9.17, 15) is 14.7 Å². The van der Waals surface area contributed by atoms with Crippen LogP contribution in [0.25, 0.3) is 0 Å². The topological polar surface area (TPSA) is 57.6 Å². The molecule has 1 aromatic rings. The van der Waals surface area contributed by atoms with Gasteiger partial charge in [-0.05, 0) is 43.5 Å². The van der Waals surface area contributed by atoms with Gasteiger partial charge >= 0.3 is 5.97 Å². The lowest BCUT2D eigenvalue weighted by atomic mass is 9.92. The van der Waals surface area contributed by atoms with Gasteiger partial charge in [0.2, 0.25) is 0 Å². The molecular weight excluding hydrogens is 266 g/mol. The molecule has 1 N–H and O–H groups in total. The van der Waals surface area contributed by atoms with Gasteiger partial charge in [0.05, 0.1) is 0 Å². The van der Waals surface area contributed by atoms with E-state index in [1.165, 1.54) is 4.90 Å². The van der Waals surface area contributed by atoms with Crippen LogP contribution in [0.2, 0.25) is 5.02 Å². The normalized spacial score (nSPS) is 22.5. The molecule has 0 aromatic heterocycles. The van der Waals surface area contributed by atoms with Crippen LogP contribution in [0.15, 0.2) is 24.3 Å². The van der Waals surface area contributed by atoms with Crippen LogP contribution < -0.4 is 0 Å². The Kier molecular flexibility index (Phi) is 3.80. The van der Waals surface area contributed by atoms with Crippen LogP contribution in [0, 0.1) is 0 Å². The highest BCUT2D eigenvalue weighted by molar-refractivity contribution is 6.30. The smallest absolute Gasteiger partial charge is 0.329 e. The molecule has 1 unspecified atom stereocenters. The van der Waals surface area contributed by atoms with Gasteiger partial charge in [-0.1, -0.05) is 18.5 Å². The Labute approximate surface area is 117 Å². The van der Waals surface area contributed by atoms with Crippen molar-refractivity contribution in [3.8, 4) is 0 Å². The minimum Gasteiger partial charge on any atom is -0.479 e. The van der Waals surface area contributed by atoms with Gasteiger partial charge in [-0.3, -0.25) is 4.79 Å². The first-order chi connectivity index (χ1) is 9.01. The second-order valence-corrected chi connectivity index (χ2v) is 5.19. The molecule has 1 aliphatic heterocycles. The molecule has 19 heavy (non-hydrogen) atoms. The fourth-order valence-corrected chi connectivity index (χ4v) is 2.79. The van der Waals surface area contributed by atoms with E-state index in [1.807, 2.05) is 6.92 Å². The fourth-order valence-electron chi connectivity index (χ4n) is 2.66. The van der Waals surface area contributed by atoms with Crippen molar-refractivity contribution in [1.29, 1.82) is 0 Å². The molecule has 1 saturated heterocycles. The van der Waals surface area contributed by atoms with Crippen LogP contribution in [-0.2, 0) is 4.79 Å².